The highest BCUT2D eigenvalue weighted by Gasteiger charge is 2.47. The van der Waals surface area contributed by atoms with Gasteiger partial charge in [-0.05, 0) is 54.0 Å². The lowest BCUT2D eigenvalue weighted by atomic mass is 10.0. The molecule has 38 heavy (non-hydrogen) atoms. The Kier molecular flexibility index (Phi) is 6.68. The van der Waals surface area contributed by atoms with Gasteiger partial charge in [-0.15, -0.1) is 0 Å². The molecule has 2 amide bonds. The van der Waals surface area contributed by atoms with Crippen molar-refractivity contribution in [2.45, 2.75) is 25.3 Å². The first kappa shape index (κ1) is 25.1. The number of aromatic nitrogens is 1. The number of allylic oxidation sites excluding steroid dienone is 1. The van der Waals surface area contributed by atoms with Crippen molar-refractivity contribution in [3.05, 3.63) is 65.4 Å². The second kappa shape index (κ2) is 10.1. The van der Waals surface area contributed by atoms with Crippen molar-refractivity contribution < 1.29 is 23.1 Å². The number of amides is 2. The number of nitrogens with zero attached hydrogens (tertiary/aromatic N) is 3. The van der Waals surface area contributed by atoms with Crippen LogP contribution in [0.1, 0.15) is 34.8 Å². The first-order valence-electron chi connectivity index (χ1n) is 12.2. The van der Waals surface area contributed by atoms with Gasteiger partial charge in [0.25, 0.3) is 11.8 Å². The summed E-state index contributed by atoms with van der Waals surface area (Å²) >= 11 is 0. The lowest BCUT2D eigenvalue weighted by Gasteiger charge is -2.20. The van der Waals surface area contributed by atoms with Crippen LogP contribution in [0.3, 0.4) is 0 Å². The summed E-state index contributed by atoms with van der Waals surface area (Å²) in [6.45, 7) is 2.04. The number of likely N-dealkylation sites (tertiary alicyclic amines) is 1. The SMILES string of the molecule is CC(=Cc1ccc2nccc(C(=O)NCC(=O)N3CC(F)(F)CC3C#N)c2c1)c1ccc2c(c1)OCCN2. The van der Waals surface area contributed by atoms with Gasteiger partial charge in [0.1, 0.15) is 18.4 Å². The van der Waals surface area contributed by atoms with Crippen molar-refractivity contribution in [1.82, 2.24) is 15.2 Å². The normalized spacial score (nSPS) is 18.2. The molecule has 2 N–H and O–H groups in total. The van der Waals surface area contributed by atoms with Gasteiger partial charge < -0.3 is 20.3 Å². The van der Waals surface area contributed by atoms with Gasteiger partial charge in [-0.2, -0.15) is 5.26 Å². The predicted molar refractivity (Wildman–Crippen MR) is 139 cm³/mol. The summed E-state index contributed by atoms with van der Waals surface area (Å²) in [7, 11) is 0. The van der Waals surface area contributed by atoms with Crippen LogP contribution in [0.25, 0.3) is 22.6 Å². The molecular weight excluding hydrogens is 492 g/mol. The zero-order valence-corrected chi connectivity index (χ0v) is 20.6. The zero-order chi connectivity index (χ0) is 26.9. The van der Waals surface area contributed by atoms with Gasteiger partial charge in [-0.3, -0.25) is 14.6 Å². The van der Waals surface area contributed by atoms with E-state index in [9.17, 15) is 18.4 Å². The maximum atomic E-state index is 13.7. The number of alkyl halides is 2. The second-order valence-electron chi connectivity index (χ2n) is 9.36. The van der Waals surface area contributed by atoms with Gasteiger partial charge in [0.05, 0.1) is 35.9 Å². The minimum atomic E-state index is -3.12. The zero-order valence-electron chi connectivity index (χ0n) is 20.6. The Hall–Kier alpha value is -4.52. The molecular formula is C28H25F2N5O3. The van der Waals surface area contributed by atoms with E-state index >= 15 is 0 Å². The summed E-state index contributed by atoms with van der Waals surface area (Å²) in [5.74, 6) is -3.59. The molecule has 10 heteroatoms. The molecule has 2 aliphatic rings. The third kappa shape index (κ3) is 5.13. The number of hydrogen-bond donors (Lipinski definition) is 2. The van der Waals surface area contributed by atoms with Crippen LogP contribution in [-0.4, -0.2) is 59.9 Å². The Morgan fingerprint density at radius 2 is 2.13 bits per heavy atom. The molecule has 5 rings (SSSR count). The van der Waals surface area contributed by atoms with E-state index in [-0.39, 0.29) is 0 Å². The molecule has 3 aromatic rings. The van der Waals surface area contributed by atoms with Crippen LogP contribution in [-0.2, 0) is 4.79 Å². The highest BCUT2D eigenvalue weighted by Crippen LogP contribution is 2.33. The summed E-state index contributed by atoms with van der Waals surface area (Å²) in [4.78, 5) is 30.6. The molecule has 2 aliphatic heterocycles. The molecule has 3 heterocycles. The number of carbonyl (C=O) groups is 2. The van der Waals surface area contributed by atoms with Crippen LogP contribution in [0.4, 0.5) is 14.5 Å². The highest BCUT2D eigenvalue weighted by atomic mass is 19.3. The average Bonchev–Trinajstić information content (AvgIpc) is 3.25. The molecule has 1 saturated heterocycles. The van der Waals surface area contributed by atoms with E-state index in [1.165, 1.54) is 6.20 Å². The number of ether oxygens (including phenoxy) is 1. The number of halogens is 2. The van der Waals surface area contributed by atoms with E-state index in [2.05, 4.69) is 15.6 Å². The van der Waals surface area contributed by atoms with Crippen LogP contribution < -0.4 is 15.4 Å². The van der Waals surface area contributed by atoms with Crippen molar-refractivity contribution in [1.29, 1.82) is 5.26 Å². The van der Waals surface area contributed by atoms with Crippen LogP contribution in [0, 0.1) is 11.3 Å². The quantitative estimate of drug-likeness (QED) is 0.494. The van der Waals surface area contributed by atoms with Crippen molar-refractivity contribution in [3.8, 4) is 11.8 Å². The standard InChI is InChI=1S/C28H25F2N5O3/c1-17(19-3-5-24-25(12-19)38-9-8-33-24)10-18-2-4-23-22(11-18)21(6-7-32-23)27(37)34-15-26(36)35-16-28(29,30)13-20(35)14-31/h2-7,10-12,20,33H,8-9,13,15-16H2,1H3,(H,34,37). The first-order chi connectivity index (χ1) is 18.2. The number of hydrogen-bond acceptors (Lipinski definition) is 6. The monoisotopic (exact) mass is 517 g/mol. The molecule has 1 atom stereocenters. The Balaban J connectivity index is 1.34. The Bertz CT molecular complexity index is 1500. The Morgan fingerprint density at radius 3 is 2.95 bits per heavy atom. The average molecular weight is 518 g/mol. The molecule has 1 aromatic heterocycles. The van der Waals surface area contributed by atoms with Crippen molar-refractivity contribution >= 4 is 40.1 Å². The fourth-order valence-electron chi connectivity index (χ4n) is 4.71. The van der Waals surface area contributed by atoms with Gasteiger partial charge >= 0.3 is 0 Å². The topological polar surface area (TPSA) is 107 Å². The molecule has 2 aromatic carbocycles. The molecule has 1 unspecified atom stereocenters. The minimum Gasteiger partial charge on any atom is -0.490 e. The largest absolute Gasteiger partial charge is 0.490 e. The maximum Gasteiger partial charge on any atom is 0.268 e. The summed E-state index contributed by atoms with van der Waals surface area (Å²) in [5.41, 5.74) is 4.69. The van der Waals surface area contributed by atoms with Crippen molar-refractivity contribution in [2.75, 3.05) is 31.6 Å². The summed E-state index contributed by atoms with van der Waals surface area (Å²) < 4.78 is 33.1. The number of anilines is 1. The third-order valence-corrected chi connectivity index (χ3v) is 6.64. The van der Waals surface area contributed by atoms with Gasteiger partial charge in [0.15, 0.2) is 0 Å². The molecule has 0 spiro atoms. The van der Waals surface area contributed by atoms with Gasteiger partial charge in [0.2, 0.25) is 5.91 Å². The third-order valence-electron chi connectivity index (χ3n) is 6.64. The van der Waals surface area contributed by atoms with E-state index in [1.54, 1.807) is 18.2 Å². The fourth-order valence-corrected chi connectivity index (χ4v) is 4.71. The number of carbonyl (C=O) groups excluding carboxylic acids is 2. The highest BCUT2D eigenvalue weighted by molar-refractivity contribution is 6.07. The van der Waals surface area contributed by atoms with Gasteiger partial charge in [-0.1, -0.05) is 18.2 Å². The Morgan fingerprint density at radius 1 is 1.29 bits per heavy atom. The molecule has 1 fully saturated rings. The predicted octanol–water partition coefficient (Wildman–Crippen LogP) is 4.09. The van der Waals surface area contributed by atoms with Crippen LogP contribution in [0.2, 0.25) is 0 Å². The molecule has 0 bridgehead atoms. The summed E-state index contributed by atoms with van der Waals surface area (Å²) in [6, 6.07) is 13.6. The number of rotatable bonds is 5. The molecule has 0 aliphatic carbocycles. The number of benzene rings is 2. The van der Waals surface area contributed by atoms with E-state index in [1.807, 2.05) is 43.3 Å². The number of fused-ring (bicyclic) bond motifs is 2. The lowest BCUT2D eigenvalue weighted by molar-refractivity contribution is -0.131. The second-order valence-corrected chi connectivity index (χ2v) is 9.36. The smallest absolute Gasteiger partial charge is 0.268 e. The van der Waals surface area contributed by atoms with Crippen molar-refractivity contribution in [2.24, 2.45) is 0 Å². The molecule has 0 radical (unpaired) electrons. The number of nitrogens with one attached hydrogen (secondary N) is 2. The van der Waals surface area contributed by atoms with E-state index < -0.39 is 43.3 Å². The molecule has 8 nitrogen and oxygen atoms in total. The first-order valence-corrected chi connectivity index (χ1v) is 12.2. The van der Waals surface area contributed by atoms with E-state index in [0.29, 0.717) is 23.1 Å². The summed E-state index contributed by atoms with van der Waals surface area (Å²) in [6.07, 6.45) is 2.78. The van der Waals surface area contributed by atoms with Gasteiger partial charge in [-0.25, -0.2) is 8.78 Å². The minimum absolute atomic E-state index is 0.299. The lowest BCUT2D eigenvalue weighted by Crippen LogP contribution is -2.43. The van der Waals surface area contributed by atoms with Crippen LogP contribution >= 0.6 is 0 Å². The van der Waals surface area contributed by atoms with E-state index in [4.69, 9.17) is 10.00 Å². The molecule has 194 valence electrons. The fraction of sp³-hybridized carbons (Fsp3) is 0.286. The van der Waals surface area contributed by atoms with Gasteiger partial charge in [0, 0.05) is 24.5 Å². The molecule has 0 saturated carbocycles. The van der Waals surface area contributed by atoms with Crippen LogP contribution in [0.15, 0.2) is 48.7 Å². The van der Waals surface area contributed by atoms with E-state index in [0.717, 1.165) is 39.6 Å². The van der Waals surface area contributed by atoms with Crippen molar-refractivity contribution in [3.63, 3.8) is 0 Å². The van der Waals surface area contributed by atoms with Crippen LogP contribution in [0.5, 0.6) is 5.75 Å². The number of nitriles is 1. The number of pyridine rings is 1. The summed E-state index contributed by atoms with van der Waals surface area (Å²) in [5, 5.41) is 15.5. The Labute approximate surface area is 217 Å². The maximum absolute atomic E-state index is 13.7.